The van der Waals surface area contributed by atoms with Crippen LogP contribution in [0.4, 0.5) is 18.9 Å². The average molecular weight is 483 g/mol. The van der Waals surface area contributed by atoms with Crippen LogP contribution in [0.25, 0.3) is 0 Å². The first-order valence-electron chi connectivity index (χ1n) is 11.8. The Labute approximate surface area is 200 Å². The van der Waals surface area contributed by atoms with E-state index in [0.29, 0.717) is 19.5 Å². The van der Waals surface area contributed by atoms with Crippen LogP contribution in [0.5, 0.6) is 0 Å². The largest absolute Gasteiger partial charge is 0.366 e. The maximum atomic E-state index is 14.7. The summed E-state index contributed by atoms with van der Waals surface area (Å²) < 4.78 is 42.0. The van der Waals surface area contributed by atoms with Crippen LogP contribution in [0.3, 0.4) is 0 Å². The highest BCUT2D eigenvalue weighted by molar-refractivity contribution is 5.95. The molecule has 1 N–H and O–H groups in total. The number of rotatable bonds is 4. The Morgan fingerprint density at radius 2 is 1.66 bits per heavy atom. The van der Waals surface area contributed by atoms with Crippen molar-refractivity contribution in [2.24, 2.45) is 0 Å². The van der Waals surface area contributed by atoms with Gasteiger partial charge in [-0.15, -0.1) is 0 Å². The lowest BCUT2D eigenvalue weighted by atomic mass is 9.90. The van der Waals surface area contributed by atoms with Crippen LogP contribution in [0.1, 0.15) is 45.6 Å². The van der Waals surface area contributed by atoms with Crippen LogP contribution in [-0.4, -0.2) is 47.2 Å². The zero-order valence-corrected chi connectivity index (χ0v) is 19.1. The fourth-order valence-electron chi connectivity index (χ4n) is 4.97. The summed E-state index contributed by atoms with van der Waals surface area (Å²) in [5.74, 6) is -2.34. The van der Waals surface area contributed by atoms with Crippen molar-refractivity contribution in [1.82, 2.24) is 15.1 Å². The number of carbonyl (C=O) groups excluding carboxylic acids is 1. The van der Waals surface area contributed by atoms with Crippen molar-refractivity contribution in [1.29, 1.82) is 0 Å². The van der Waals surface area contributed by atoms with E-state index in [1.165, 1.54) is 18.2 Å². The summed E-state index contributed by atoms with van der Waals surface area (Å²) in [6, 6.07) is 7.88. The molecule has 1 saturated heterocycles. The minimum Gasteiger partial charge on any atom is -0.366 e. The second kappa shape index (κ2) is 9.56. The number of hydrogen-bond acceptors (Lipinski definition) is 4. The third kappa shape index (κ3) is 4.67. The Morgan fingerprint density at radius 1 is 0.914 bits per heavy atom. The second-order valence-corrected chi connectivity index (χ2v) is 9.03. The monoisotopic (exact) mass is 482 g/mol. The summed E-state index contributed by atoms with van der Waals surface area (Å²) in [4.78, 5) is 28.5. The van der Waals surface area contributed by atoms with Gasteiger partial charge in [0.15, 0.2) is 0 Å². The molecule has 3 aromatic rings. The standard InChI is InChI=1S/C26H25F3N4O2/c27-17-6-8-24(22(29)15-17)32-9-11-33(12-10-32)26(35)20-13-16(5-7-21(20)28)14-23-18-3-1-2-4-19(18)25(34)31-30-23/h5-8,13,15H,1-4,9-12,14H2,(H,31,34). The third-order valence-electron chi connectivity index (χ3n) is 6.83. The van der Waals surface area contributed by atoms with E-state index in [1.807, 2.05) is 0 Å². The molecular weight excluding hydrogens is 457 g/mol. The van der Waals surface area contributed by atoms with Gasteiger partial charge in [-0.05, 0) is 61.1 Å². The molecule has 9 heteroatoms. The lowest BCUT2D eigenvalue weighted by Gasteiger charge is -2.36. The van der Waals surface area contributed by atoms with Gasteiger partial charge in [0.2, 0.25) is 0 Å². The summed E-state index contributed by atoms with van der Waals surface area (Å²) in [5.41, 5.74) is 3.31. The Hall–Kier alpha value is -3.62. The maximum absolute atomic E-state index is 14.7. The molecule has 0 saturated carbocycles. The number of benzene rings is 2. The highest BCUT2D eigenvalue weighted by atomic mass is 19.1. The maximum Gasteiger partial charge on any atom is 0.267 e. The molecule has 0 bridgehead atoms. The molecule has 2 heterocycles. The van der Waals surface area contributed by atoms with Crippen LogP contribution >= 0.6 is 0 Å². The number of H-pyrrole nitrogens is 1. The van der Waals surface area contributed by atoms with E-state index in [0.717, 1.165) is 54.1 Å². The first-order valence-corrected chi connectivity index (χ1v) is 11.8. The van der Waals surface area contributed by atoms with Crippen molar-refractivity contribution in [3.63, 3.8) is 0 Å². The first-order chi connectivity index (χ1) is 16.9. The molecule has 1 fully saturated rings. The van der Waals surface area contributed by atoms with Crippen LogP contribution in [0.2, 0.25) is 0 Å². The average Bonchev–Trinajstić information content (AvgIpc) is 2.87. The van der Waals surface area contributed by atoms with E-state index in [1.54, 1.807) is 21.9 Å². The number of fused-ring (bicyclic) bond motifs is 1. The van der Waals surface area contributed by atoms with Crippen LogP contribution in [-0.2, 0) is 19.3 Å². The summed E-state index contributed by atoms with van der Waals surface area (Å²) in [7, 11) is 0. The van der Waals surface area contributed by atoms with Crippen molar-refractivity contribution in [3.8, 4) is 0 Å². The van der Waals surface area contributed by atoms with Gasteiger partial charge in [-0.2, -0.15) is 5.10 Å². The number of aromatic nitrogens is 2. The zero-order valence-electron chi connectivity index (χ0n) is 19.1. The highest BCUT2D eigenvalue weighted by Crippen LogP contribution is 2.25. The number of amides is 1. The molecule has 1 aromatic heterocycles. The smallest absolute Gasteiger partial charge is 0.267 e. The minimum absolute atomic E-state index is 0.0257. The van der Waals surface area contributed by atoms with E-state index in [4.69, 9.17) is 0 Å². The molecule has 2 aromatic carbocycles. The topological polar surface area (TPSA) is 69.3 Å². The van der Waals surface area contributed by atoms with Gasteiger partial charge in [0.25, 0.3) is 11.5 Å². The molecular formula is C26H25F3N4O2. The fraction of sp³-hybridized carbons (Fsp3) is 0.346. The number of halogens is 3. The molecule has 6 nitrogen and oxygen atoms in total. The lowest BCUT2D eigenvalue weighted by Crippen LogP contribution is -2.49. The van der Waals surface area contributed by atoms with Crippen molar-refractivity contribution in [3.05, 3.63) is 92.2 Å². The molecule has 0 radical (unpaired) electrons. The van der Waals surface area contributed by atoms with Crippen molar-refractivity contribution in [2.75, 3.05) is 31.1 Å². The van der Waals surface area contributed by atoms with Gasteiger partial charge in [-0.3, -0.25) is 9.59 Å². The van der Waals surface area contributed by atoms with E-state index >= 15 is 0 Å². The molecule has 0 atom stereocenters. The number of anilines is 1. The van der Waals surface area contributed by atoms with E-state index in [9.17, 15) is 22.8 Å². The van der Waals surface area contributed by atoms with Crippen molar-refractivity contribution in [2.45, 2.75) is 32.1 Å². The van der Waals surface area contributed by atoms with Crippen LogP contribution in [0.15, 0.2) is 41.2 Å². The summed E-state index contributed by atoms with van der Waals surface area (Å²) in [5, 5.41) is 6.80. The molecule has 5 rings (SSSR count). The van der Waals surface area contributed by atoms with E-state index in [-0.39, 0.29) is 29.9 Å². The van der Waals surface area contributed by atoms with Crippen molar-refractivity contribution >= 4 is 11.6 Å². The second-order valence-electron chi connectivity index (χ2n) is 9.03. The molecule has 0 spiro atoms. The molecule has 1 amide bonds. The quantitative estimate of drug-likeness (QED) is 0.617. The number of piperazine rings is 1. The number of hydrogen-bond donors (Lipinski definition) is 1. The SMILES string of the molecule is O=C(c1cc(Cc2n[nH]c(=O)c3c2CCCC3)ccc1F)N1CCN(c2ccc(F)cc2F)CC1. The van der Waals surface area contributed by atoms with Gasteiger partial charge < -0.3 is 9.80 Å². The fourth-order valence-corrected chi connectivity index (χ4v) is 4.97. The number of aromatic amines is 1. The molecule has 1 aliphatic carbocycles. The van der Waals surface area contributed by atoms with E-state index < -0.39 is 23.4 Å². The van der Waals surface area contributed by atoms with Gasteiger partial charge >= 0.3 is 0 Å². The van der Waals surface area contributed by atoms with Crippen LogP contribution in [0, 0.1) is 17.5 Å². The molecule has 2 aliphatic rings. The summed E-state index contributed by atoms with van der Waals surface area (Å²) in [6.07, 6.45) is 3.85. The molecule has 0 unspecified atom stereocenters. The van der Waals surface area contributed by atoms with Gasteiger partial charge in [0.05, 0.1) is 16.9 Å². The van der Waals surface area contributed by atoms with Crippen LogP contribution < -0.4 is 10.5 Å². The number of nitrogens with zero attached hydrogens (tertiary/aromatic N) is 3. The minimum atomic E-state index is -0.651. The predicted octanol–water partition coefficient (Wildman–Crippen LogP) is 3.62. The Morgan fingerprint density at radius 3 is 2.40 bits per heavy atom. The van der Waals surface area contributed by atoms with Gasteiger partial charge in [0.1, 0.15) is 17.5 Å². The normalized spacial score (nSPS) is 15.7. The Bertz CT molecular complexity index is 1330. The Balaban J connectivity index is 1.31. The first kappa shape index (κ1) is 23.1. The number of nitrogens with one attached hydrogen (secondary N) is 1. The molecule has 182 valence electrons. The Kier molecular flexibility index (Phi) is 6.32. The lowest BCUT2D eigenvalue weighted by molar-refractivity contribution is 0.0742. The zero-order chi connectivity index (χ0) is 24.5. The van der Waals surface area contributed by atoms with E-state index in [2.05, 4.69) is 10.2 Å². The number of carbonyl (C=O) groups is 1. The molecule has 1 aliphatic heterocycles. The van der Waals surface area contributed by atoms with Gasteiger partial charge in [-0.25, -0.2) is 18.3 Å². The van der Waals surface area contributed by atoms with Gasteiger partial charge in [0, 0.05) is 44.2 Å². The molecule has 35 heavy (non-hydrogen) atoms. The van der Waals surface area contributed by atoms with Crippen molar-refractivity contribution < 1.29 is 18.0 Å². The highest BCUT2D eigenvalue weighted by Gasteiger charge is 2.26. The third-order valence-corrected chi connectivity index (χ3v) is 6.83. The summed E-state index contributed by atoms with van der Waals surface area (Å²) in [6.45, 7) is 1.27. The summed E-state index contributed by atoms with van der Waals surface area (Å²) >= 11 is 0. The predicted molar refractivity (Wildman–Crippen MR) is 125 cm³/mol. The van der Waals surface area contributed by atoms with Gasteiger partial charge in [-0.1, -0.05) is 6.07 Å².